The van der Waals surface area contributed by atoms with E-state index in [0.29, 0.717) is 6.04 Å². The number of hydrogen-bond donors (Lipinski definition) is 1. The van der Waals surface area contributed by atoms with Gasteiger partial charge in [0, 0.05) is 10.5 Å². The molecule has 1 aromatic rings. The highest BCUT2D eigenvalue weighted by atomic mass is 79.9. The molecule has 2 rings (SSSR count). The van der Waals surface area contributed by atoms with Crippen molar-refractivity contribution in [3.05, 3.63) is 34.1 Å². The van der Waals surface area contributed by atoms with Crippen LogP contribution in [0.5, 0.6) is 0 Å². The van der Waals surface area contributed by atoms with E-state index < -0.39 is 0 Å². The van der Waals surface area contributed by atoms with Crippen molar-refractivity contribution >= 4 is 15.9 Å². The van der Waals surface area contributed by atoms with Gasteiger partial charge in [-0.25, -0.2) is 4.39 Å². The Balaban J connectivity index is 1.93. The lowest BCUT2D eigenvalue weighted by Gasteiger charge is -2.13. The number of rotatable bonds is 4. The van der Waals surface area contributed by atoms with Crippen LogP contribution in [0.3, 0.4) is 0 Å². The molecule has 17 heavy (non-hydrogen) atoms. The number of hydrogen-bond acceptors (Lipinski definition) is 1. The third kappa shape index (κ3) is 3.52. The van der Waals surface area contributed by atoms with Crippen LogP contribution in [0.25, 0.3) is 0 Å². The van der Waals surface area contributed by atoms with Crippen LogP contribution < -0.4 is 5.32 Å². The standard InChI is InChI=1S/C14H19BrFN/c1-2-17-13-6-3-10(8-13)7-11-4-5-12(16)9-14(11)15/h4-5,9-10,13,17H,2-3,6-8H2,1H3. The van der Waals surface area contributed by atoms with Gasteiger partial charge in [-0.2, -0.15) is 0 Å². The van der Waals surface area contributed by atoms with Crippen LogP contribution in [0, 0.1) is 11.7 Å². The molecule has 0 aliphatic heterocycles. The lowest BCUT2D eigenvalue weighted by atomic mass is 9.98. The first-order valence-electron chi connectivity index (χ1n) is 6.36. The molecule has 1 N–H and O–H groups in total. The average Bonchev–Trinajstić information content (AvgIpc) is 2.71. The van der Waals surface area contributed by atoms with Crippen LogP contribution in [0.15, 0.2) is 22.7 Å². The first-order chi connectivity index (χ1) is 8.19. The van der Waals surface area contributed by atoms with E-state index in [9.17, 15) is 4.39 Å². The maximum Gasteiger partial charge on any atom is 0.124 e. The number of halogens is 2. The first kappa shape index (κ1) is 13.0. The Hall–Kier alpha value is -0.410. The van der Waals surface area contributed by atoms with E-state index in [4.69, 9.17) is 0 Å². The van der Waals surface area contributed by atoms with Crippen LogP contribution in [-0.4, -0.2) is 12.6 Å². The van der Waals surface area contributed by atoms with Gasteiger partial charge in [0.25, 0.3) is 0 Å². The second-order valence-corrected chi connectivity index (χ2v) is 5.73. The monoisotopic (exact) mass is 299 g/mol. The topological polar surface area (TPSA) is 12.0 Å². The molecule has 1 aromatic carbocycles. The van der Waals surface area contributed by atoms with Crippen molar-refractivity contribution in [2.24, 2.45) is 5.92 Å². The van der Waals surface area contributed by atoms with Crippen molar-refractivity contribution in [1.29, 1.82) is 0 Å². The van der Waals surface area contributed by atoms with Crippen molar-refractivity contribution < 1.29 is 4.39 Å². The summed E-state index contributed by atoms with van der Waals surface area (Å²) < 4.78 is 13.9. The Morgan fingerprint density at radius 1 is 1.41 bits per heavy atom. The van der Waals surface area contributed by atoms with Gasteiger partial charge in [0.2, 0.25) is 0 Å². The normalized spacial score (nSPS) is 24.2. The van der Waals surface area contributed by atoms with Crippen LogP contribution in [0.4, 0.5) is 4.39 Å². The maximum absolute atomic E-state index is 13.0. The van der Waals surface area contributed by atoms with Gasteiger partial charge in [0.1, 0.15) is 5.82 Å². The largest absolute Gasteiger partial charge is 0.314 e. The molecule has 0 heterocycles. The van der Waals surface area contributed by atoms with E-state index in [1.807, 2.05) is 6.07 Å². The molecular formula is C14H19BrFN. The fraction of sp³-hybridized carbons (Fsp3) is 0.571. The Morgan fingerprint density at radius 2 is 2.24 bits per heavy atom. The van der Waals surface area contributed by atoms with Crippen molar-refractivity contribution in [2.75, 3.05) is 6.54 Å². The quantitative estimate of drug-likeness (QED) is 0.889. The van der Waals surface area contributed by atoms with E-state index in [1.165, 1.54) is 24.8 Å². The molecule has 0 radical (unpaired) electrons. The highest BCUT2D eigenvalue weighted by Gasteiger charge is 2.24. The minimum atomic E-state index is -0.169. The van der Waals surface area contributed by atoms with Crippen molar-refractivity contribution in [2.45, 2.75) is 38.6 Å². The Kier molecular flexibility index (Phi) is 4.57. The fourth-order valence-corrected chi connectivity index (χ4v) is 3.25. The maximum atomic E-state index is 13.0. The lowest BCUT2D eigenvalue weighted by molar-refractivity contribution is 0.493. The molecule has 2 unspecified atom stereocenters. The smallest absolute Gasteiger partial charge is 0.124 e. The molecule has 0 spiro atoms. The molecule has 1 saturated carbocycles. The molecule has 0 bridgehead atoms. The minimum absolute atomic E-state index is 0.169. The molecule has 2 atom stereocenters. The molecule has 0 amide bonds. The zero-order valence-corrected chi connectivity index (χ0v) is 11.8. The zero-order chi connectivity index (χ0) is 12.3. The summed E-state index contributed by atoms with van der Waals surface area (Å²) in [5, 5.41) is 3.51. The summed E-state index contributed by atoms with van der Waals surface area (Å²) in [7, 11) is 0. The van der Waals surface area contributed by atoms with E-state index in [-0.39, 0.29) is 5.82 Å². The van der Waals surface area contributed by atoms with Gasteiger partial charge in [-0.05, 0) is 55.8 Å². The predicted molar refractivity (Wildman–Crippen MR) is 72.6 cm³/mol. The second kappa shape index (κ2) is 5.96. The Morgan fingerprint density at radius 3 is 2.94 bits per heavy atom. The summed E-state index contributed by atoms with van der Waals surface area (Å²) in [6, 6.07) is 5.70. The van der Waals surface area contributed by atoms with Gasteiger partial charge in [-0.3, -0.25) is 0 Å². The SMILES string of the molecule is CCNC1CCC(Cc2ccc(F)cc2Br)C1. The van der Waals surface area contributed by atoms with Crippen molar-refractivity contribution in [1.82, 2.24) is 5.32 Å². The molecule has 0 saturated heterocycles. The highest BCUT2D eigenvalue weighted by molar-refractivity contribution is 9.10. The van der Waals surface area contributed by atoms with Gasteiger partial charge >= 0.3 is 0 Å². The summed E-state index contributed by atoms with van der Waals surface area (Å²) in [6.07, 6.45) is 4.86. The van der Waals surface area contributed by atoms with Crippen LogP contribution in [-0.2, 0) is 6.42 Å². The molecule has 94 valence electrons. The van der Waals surface area contributed by atoms with E-state index in [0.717, 1.165) is 23.4 Å². The summed E-state index contributed by atoms with van der Waals surface area (Å²) in [5.74, 6) is 0.568. The van der Waals surface area contributed by atoms with E-state index in [2.05, 4.69) is 28.2 Å². The van der Waals surface area contributed by atoms with Gasteiger partial charge in [-0.1, -0.05) is 28.9 Å². The van der Waals surface area contributed by atoms with Crippen LogP contribution >= 0.6 is 15.9 Å². The van der Waals surface area contributed by atoms with Crippen LogP contribution in [0.1, 0.15) is 31.7 Å². The fourth-order valence-electron chi connectivity index (χ4n) is 2.73. The lowest BCUT2D eigenvalue weighted by Crippen LogP contribution is -2.25. The Labute approximate surface area is 111 Å². The van der Waals surface area contributed by atoms with Gasteiger partial charge in [0.15, 0.2) is 0 Å². The van der Waals surface area contributed by atoms with Gasteiger partial charge in [0.05, 0.1) is 0 Å². The summed E-state index contributed by atoms with van der Waals surface area (Å²) in [6.45, 7) is 3.21. The summed E-state index contributed by atoms with van der Waals surface area (Å²) >= 11 is 3.44. The molecule has 1 nitrogen and oxygen atoms in total. The second-order valence-electron chi connectivity index (χ2n) is 4.87. The van der Waals surface area contributed by atoms with Gasteiger partial charge in [-0.15, -0.1) is 0 Å². The summed E-state index contributed by atoms with van der Waals surface area (Å²) in [4.78, 5) is 0. The predicted octanol–water partition coefficient (Wildman–Crippen LogP) is 3.91. The summed E-state index contributed by atoms with van der Waals surface area (Å²) in [5.41, 5.74) is 1.23. The number of benzene rings is 1. The third-order valence-electron chi connectivity index (χ3n) is 3.56. The average molecular weight is 300 g/mol. The molecule has 3 heteroatoms. The Bertz CT molecular complexity index is 380. The third-order valence-corrected chi connectivity index (χ3v) is 4.30. The van der Waals surface area contributed by atoms with Crippen molar-refractivity contribution in [3.8, 4) is 0 Å². The molecule has 1 aliphatic carbocycles. The van der Waals surface area contributed by atoms with E-state index >= 15 is 0 Å². The number of nitrogens with one attached hydrogen (secondary N) is 1. The molecule has 0 aromatic heterocycles. The zero-order valence-electron chi connectivity index (χ0n) is 10.2. The molecule has 1 aliphatic rings. The molecular weight excluding hydrogens is 281 g/mol. The van der Waals surface area contributed by atoms with Crippen LogP contribution in [0.2, 0.25) is 0 Å². The minimum Gasteiger partial charge on any atom is -0.314 e. The highest BCUT2D eigenvalue weighted by Crippen LogP contribution is 2.31. The van der Waals surface area contributed by atoms with Crippen molar-refractivity contribution in [3.63, 3.8) is 0 Å². The van der Waals surface area contributed by atoms with Gasteiger partial charge < -0.3 is 5.32 Å². The first-order valence-corrected chi connectivity index (χ1v) is 7.15. The van der Waals surface area contributed by atoms with E-state index in [1.54, 1.807) is 12.1 Å². The molecule has 1 fully saturated rings.